The molecule has 132 valence electrons. The van der Waals surface area contributed by atoms with Crippen LogP contribution >= 0.6 is 11.6 Å². The smallest absolute Gasteiger partial charge is 0.256 e. The molecule has 0 aliphatic carbocycles. The Hall–Kier alpha value is -1.95. The van der Waals surface area contributed by atoms with Crippen LogP contribution in [-0.4, -0.2) is 30.2 Å². The first-order valence-electron chi connectivity index (χ1n) is 8.17. The maximum absolute atomic E-state index is 14.2. The third-order valence-electron chi connectivity index (χ3n) is 4.74. The van der Waals surface area contributed by atoms with Gasteiger partial charge in [-0.2, -0.15) is 0 Å². The number of aryl methyl sites for hydroxylation is 1. The predicted molar refractivity (Wildman–Crippen MR) is 95.2 cm³/mol. The van der Waals surface area contributed by atoms with E-state index in [0.717, 1.165) is 5.56 Å². The number of nitrogens with one attached hydrogen (secondary N) is 2. The molecule has 3 rings (SSSR count). The summed E-state index contributed by atoms with van der Waals surface area (Å²) >= 11 is 6.16. The van der Waals surface area contributed by atoms with E-state index in [1.54, 1.807) is 6.92 Å². The number of piperidine rings is 1. The lowest BCUT2D eigenvalue weighted by molar-refractivity contribution is 0.0288. The van der Waals surface area contributed by atoms with Crippen molar-refractivity contribution in [3.63, 3.8) is 0 Å². The minimum absolute atomic E-state index is 0.0872. The number of halogens is 2. The molecule has 1 aliphatic rings. The molecule has 1 saturated heterocycles. The fourth-order valence-electron chi connectivity index (χ4n) is 3.29. The van der Waals surface area contributed by atoms with Gasteiger partial charge in [0.25, 0.3) is 5.91 Å². The number of carbonyl (C=O) groups excluding carboxylic acids is 1. The summed E-state index contributed by atoms with van der Waals surface area (Å²) in [4.78, 5) is 12.9. The van der Waals surface area contributed by atoms with E-state index in [4.69, 9.17) is 11.6 Å². The lowest BCUT2D eigenvalue weighted by Gasteiger charge is -2.43. The lowest BCUT2D eigenvalue weighted by atomic mass is 9.79. The molecule has 0 unspecified atom stereocenters. The van der Waals surface area contributed by atoms with Gasteiger partial charge in [-0.1, -0.05) is 48.0 Å². The maximum atomic E-state index is 14.2. The second kappa shape index (κ2) is 7.12. The van der Waals surface area contributed by atoms with E-state index >= 15 is 0 Å². The zero-order valence-electron chi connectivity index (χ0n) is 13.9. The van der Waals surface area contributed by atoms with Gasteiger partial charge < -0.3 is 15.7 Å². The highest BCUT2D eigenvalue weighted by Crippen LogP contribution is 2.32. The molecule has 0 aromatic heterocycles. The van der Waals surface area contributed by atoms with Gasteiger partial charge in [-0.05, 0) is 37.1 Å². The van der Waals surface area contributed by atoms with Crippen LogP contribution in [0.15, 0.2) is 42.5 Å². The van der Waals surface area contributed by atoms with Crippen LogP contribution in [0.1, 0.15) is 27.9 Å². The van der Waals surface area contributed by atoms with Crippen molar-refractivity contribution in [2.24, 2.45) is 0 Å². The van der Waals surface area contributed by atoms with Crippen molar-refractivity contribution in [3.05, 3.63) is 70.0 Å². The van der Waals surface area contributed by atoms with Gasteiger partial charge in [0.2, 0.25) is 0 Å². The molecule has 1 fully saturated rings. The largest absolute Gasteiger partial charge is 0.389 e. The molecule has 1 amide bonds. The summed E-state index contributed by atoms with van der Waals surface area (Å²) in [6.45, 7) is 2.67. The summed E-state index contributed by atoms with van der Waals surface area (Å²) < 4.78 is 14.2. The number of rotatable bonds is 3. The van der Waals surface area contributed by atoms with Crippen LogP contribution in [0.25, 0.3) is 0 Å². The monoisotopic (exact) mass is 362 g/mol. The quantitative estimate of drug-likeness (QED) is 0.786. The first-order chi connectivity index (χ1) is 12.0. The van der Waals surface area contributed by atoms with Gasteiger partial charge in [-0.3, -0.25) is 4.79 Å². The Morgan fingerprint density at radius 1 is 1.32 bits per heavy atom. The van der Waals surface area contributed by atoms with E-state index in [0.29, 0.717) is 25.1 Å². The molecular weight excluding hydrogens is 343 g/mol. The molecule has 1 heterocycles. The fraction of sp³-hybridized carbons (Fsp3) is 0.316. The Morgan fingerprint density at radius 3 is 2.72 bits per heavy atom. The molecule has 0 bridgehead atoms. The average Bonchev–Trinajstić information content (AvgIpc) is 2.61. The summed E-state index contributed by atoms with van der Waals surface area (Å²) in [7, 11) is 0. The number of carbonyl (C=O) groups is 1. The number of aliphatic hydroxyl groups is 1. The zero-order valence-corrected chi connectivity index (χ0v) is 14.6. The van der Waals surface area contributed by atoms with Crippen LogP contribution in [-0.2, 0) is 5.54 Å². The molecule has 1 aliphatic heterocycles. The molecule has 3 N–H and O–H groups in total. The maximum Gasteiger partial charge on any atom is 0.256 e. The molecule has 0 saturated carbocycles. The van der Waals surface area contributed by atoms with Gasteiger partial charge in [0.05, 0.1) is 22.2 Å². The van der Waals surface area contributed by atoms with Crippen molar-refractivity contribution in [2.45, 2.75) is 25.0 Å². The van der Waals surface area contributed by atoms with Gasteiger partial charge in [-0.25, -0.2) is 4.39 Å². The third-order valence-corrected chi connectivity index (χ3v) is 5.23. The van der Waals surface area contributed by atoms with E-state index in [1.165, 1.54) is 12.1 Å². The van der Waals surface area contributed by atoms with Crippen molar-refractivity contribution < 1.29 is 14.3 Å². The molecule has 2 atom stereocenters. The van der Waals surface area contributed by atoms with Crippen molar-refractivity contribution in [2.75, 3.05) is 13.1 Å². The Kier molecular flexibility index (Phi) is 5.08. The van der Waals surface area contributed by atoms with Crippen LogP contribution in [0.3, 0.4) is 0 Å². The Labute approximate surface area is 151 Å². The predicted octanol–water partition coefficient (Wildman–Crippen LogP) is 2.77. The third kappa shape index (κ3) is 3.27. The highest BCUT2D eigenvalue weighted by molar-refractivity contribution is 6.34. The number of β-amino-alcohol motifs (C(OH)–C–C–N with tert-alkyl or cyclic N) is 1. The summed E-state index contributed by atoms with van der Waals surface area (Å²) in [5, 5.41) is 16.7. The Bertz CT molecular complexity index is 784. The zero-order chi connectivity index (χ0) is 18.0. The SMILES string of the molecule is Cc1ccc(F)c(C(=O)N[C@]2(c3ccccc3)CCNC[C@H]2O)c1Cl. The van der Waals surface area contributed by atoms with Gasteiger partial charge in [0.15, 0.2) is 0 Å². The van der Waals surface area contributed by atoms with Crippen molar-refractivity contribution in [1.82, 2.24) is 10.6 Å². The molecule has 4 nitrogen and oxygen atoms in total. The van der Waals surface area contributed by atoms with E-state index in [-0.39, 0.29) is 10.6 Å². The first-order valence-corrected chi connectivity index (χ1v) is 8.55. The second-order valence-electron chi connectivity index (χ2n) is 6.31. The van der Waals surface area contributed by atoms with Crippen LogP contribution in [0.2, 0.25) is 5.02 Å². The molecule has 0 radical (unpaired) electrons. The second-order valence-corrected chi connectivity index (χ2v) is 6.69. The van der Waals surface area contributed by atoms with Gasteiger partial charge in [-0.15, -0.1) is 0 Å². The van der Waals surface area contributed by atoms with Crippen molar-refractivity contribution in [1.29, 1.82) is 0 Å². The molecule has 25 heavy (non-hydrogen) atoms. The van der Waals surface area contributed by atoms with Gasteiger partial charge in [0.1, 0.15) is 5.82 Å². The number of aliphatic hydroxyl groups excluding tert-OH is 1. The Morgan fingerprint density at radius 2 is 2.04 bits per heavy atom. The lowest BCUT2D eigenvalue weighted by Crippen LogP contribution is -2.61. The number of hydrogen-bond acceptors (Lipinski definition) is 3. The molecular formula is C19H20ClFN2O2. The molecule has 2 aromatic rings. The fourth-order valence-corrected chi connectivity index (χ4v) is 3.52. The molecule has 2 aromatic carbocycles. The highest BCUT2D eigenvalue weighted by atomic mass is 35.5. The van der Waals surface area contributed by atoms with Crippen molar-refractivity contribution in [3.8, 4) is 0 Å². The minimum Gasteiger partial charge on any atom is -0.389 e. The van der Waals surface area contributed by atoms with Crippen LogP contribution < -0.4 is 10.6 Å². The van der Waals surface area contributed by atoms with E-state index in [9.17, 15) is 14.3 Å². The highest BCUT2D eigenvalue weighted by Gasteiger charge is 2.43. The normalized spacial score (nSPS) is 23.3. The molecule has 6 heteroatoms. The topological polar surface area (TPSA) is 61.4 Å². The number of hydrogen-bond donors (Lipinski definition) is 3. The van der Waals surface area contributed by atoms with Crippen LogP contribution in [0.5, 0.6) is 0 Å². The summed E-state index contributed by atoms with van der Waals surface area (Å²) in [5.74, 6) is -1.31. The number of amides is 1. The van der Waals surface area contributed by atoms with E-state index in [2.05, 4.69) is 10.6 Å². The first kappa shape index (κ1) is 17.9. The molecule has 0 spiro atoms. The standard InChI is InChI=1S/C19H20ClFN2O2/c1-12-7-8-14(21)16(17(12)20)18(25)23-19(9-10-22-11-15(19)24)13-5-3-2-4-6-13/h2-8,15,22,24H,9-11H2,1H3,(H,23,25)/t15-,19+/m1/s1. The van der Waals surface area contributed by atoms with Gasteiger partial charge >= 0.3 is 0 Å². The Balaban J connectivity index is 2.02. The number of benzene rings is 2. The average molecular weight is 363 g/mol. The minimum atomic E-state index is -0.997. The summed E-state index contributed by atoms with van der Waals surface area (Å²) in [6.07, 6.45) is -0.367. The van der Waals surface area contributed by atoms with E-state index < -0.39 is 23.4 Å². The van der Waals surface area contributed by atoms with E-state index in [1.807, 2.05) is 30.3 Å². The van der Waals surface area contributed by atoms with Crippen molar-refractivity contribution >= 4 is 17.5 Å². The summed E-state index contributed by atoms with van der Waals surface area (Å²) in [6, 6.07) is 12.0. The van der Waals surface area contributed by atoms with Crippen LogP contribution in [0, 0.1) is 12.7 Å². The summed E-state index contributed by atoms with van der Waals surface area (Å²) in [5.41, 5.74) is 0.209. The van der Waals surface area contributed by atoms with Gasteiger partial charge in [0, 0.05) is 6.54 Å². The van der Waals surface area contributed by atoms with Crippen LogP contribution in [0.4, 0.5) is 4.39 Å².